The van der Waals surface area contributed by atoms with Crippen molar-refractivity contribution in [3.05, 3.63) is 41.5 Å². The van der Waals surface area contributed by atoms with Crippen molar-refractivity contribution in [3.63, 3.8) is 0 Å². The van der Waals surface area contributed by atoms with Gasteiger partial charge in [0.1, 0.15) is 0 Å². The molecular weight excluding hydrogens is 290 g/mol. The molecule has 1 aromatic carbocycles. The van der Waals surface area contributed by atoms with Gasteiger partial charge in [-0.25, -0.2) is 0 Å². The van der Waals surface area contributed by atoms with Crippen molar-refractivity contribution < 1.29 is 0 Å². The van der Waals surface area contributed by atoms with Gasteiger partial charge in [-0.3, -0.25) is 0 Å². The minimum Gasteiger partial charge on any atom is -0.301 e. The van der Waals surface area contributed by atoms with Crippen LogP contribution in [0.5, 0.6) is 0 Å². The minimum atomic E-state index is 0.475. The Labute approximate surface area is 150 Å². The highest BCUT2D eigenvalue weighted by atomic mass is 15.2. The maximum atomic E-state index is 4.14. The van der Waals surface area contributed by atoms with Crippen molar-refractivity contribution in [1.29, 1.82) is 0 Å². The fourth-order valence-electron chi connectivity index (χ4n) is 4.78. The second-order valence-electron chi connectivity index (χ2n) is 8.45. The maximum absolute atomic E-state index is 4.14. The SMILES string of the molecule is C=C(C)c1ccc(CC2CC(C)(C)CC2N(CC)CC)cc1CC. The van der Waals surface area contributed by atoms with E-state index in [1.54, 1.807) is 0 Å². The molecule has 0 spiro atoms. The molecule has 0 amide bonds. The Morgan fingerprint density at radius 2 is 1.83 bits per heavy atom. The molecule has 2 unspecified atom stereocenters. The molecule has 0 saturated heterocycles. The van der Waals surface area contributed by atoms with Gasteiger partial charge in [-0.05, 0) is 73.7 Å². The van der Waals surface area contributed by atoms with Crippen LogP contribution < -0.4 is 0 Å². The third kappa shape index (κ3) is 4.30. The average molecular weight is 328 g/mol. The summed E-state index contributed by atoms with van der Waals surface area (Å²) in [4.78, 5) is 2.68. The molecule has 24 heavy (non-hydrogen) atoms. The summed E-state index contributed by atoms with van der Waals surface area (Å²) in [6.07, 6.45) is 4.99. The van der Waals surface area contributed by atoms with Crippen LogP contribution in [0.15, 0.2) is 24.8 Å². The lowest BCUT2D eigenvalue weighted by Crippen LogP contribution is -2.38. The van der Waals surface area contributed by atoms with E-state index in [0.717, 1.165) is 18.4 Å². The standard InChI is InChI=1S/C23H37N/c1-8-19-13-18(11-12-21(19)17(4)5)14-20-15-23(6,7)16-22(20)24(9-2)10-3/h11-13,20,22H,4,8-10,14-16H2,1-3,5-7H3. The van der Waals surface area contributed by atoms with E-state index < -0.39 is 0 Å². The molecule has 1 aliphatic rings. The lowest BCUT2D eigenvalue weighted by atomic mass is 9.87. The van der Waals surface area contributed by atoms with Crippen LogP contribution in [-0.2, 0) is 12.8 Å². The fourth-order valence-corrected chi connectivity index (χ4v) is 4.78. The zero-order valence-corrected chi connectivity index (χ0v) is 16.8. The quantitative estimate of drug-likeness (QED) is 0.596. The number of hydrogen-bond acceptors (Lipinski definition) is 1. The van der Waals surface area contributed by atoms with E-state index in [4.69, 9.17) is 0 Å². The Hall–Kier alpha value is -1.08. The van der Waals surface area contributed by atoms with E-state index in [-0.39, 0.29) is 0 Å². The summed E-state index contributed by atoms with van der Waals surface area (Å²) in [5, 5.41) is 0. The van der Waals surface area contributed by atoms with Gasteiger partial charge in [0.05, 0.1) is 0 Å². The van der Waals surface area contributed by atoms with E-state index in [0.29, 0.717) is 5.41 Å². The Morgan fingerprint density at radius 1 is 1.17 bits per heavy atom. The molecule has 2 rings (SSSR count). The van der Waals surface area contributed by atoms with Crippen molar-refractivity contribution in [2.45, 2.75) is 73.3 Å². The number of aryl methyl sites for hydroxylation is 1. The van der Waals surface area contributed by atoms with Gasteiger partial charge in [0, 0.05) is 6.04 Å². The van der Waals surface area contributed by atoms with Crippen molar-refractivity contribution in [3.8, 4) is 0 Å². The van der Waals surface area contributed by atoms with Crippen LogP contribution in [0, 0.1) is 11.3 Å². The van der Waals surface area contributed by atoms with E-state index in [2.05, 4.69) is 71.2 Å². The first-order valence-corrected chi connectivity index (χ1v) is 9.83. The molecule has 0 bridgehead atoms. The van der Waals surface area contributed by atoms with E-state index in [1.165, 1.54) is 54.6 Å². The third-order valence-corrected chi connectivity index (χ3v) is 5.91. The van der Waals surface area contributed by atoms with Crippen LogP contribution in [-0.4, -0.2) is 24.0 Å². The average Bonchev–Trinajstić information content (AvgIpc) is 2.82. The Balaban J connectivity index is 2.23. The van der Waals surface area contributed by atoms with Gasteiger partial charge in [-0.1, -0.05) is 65.0 Å². The monoisotopic (exact) mass is 327 g/mol. The second-order valence-corrected chi connectivity index (χ2v) is 8.45. The molecule has 1 saturated carbocycles. The molecule has 0 aliphatic heterocycles. The topological polar surface area (TPSA) is 3.24 Å². The second kappa shape index (κ2) is 7.87. The van der Waals surface area contributed by atoms with Crippen LogP contribution in [0.25, 0.3) is 5.57 Å². The van der Waals surface area contributed by atoms with Gasteiger partial charge < -0.3 is 4.90 Å². The first-order chi connectivity index (χ1) is 11.3. The van der Waals surface area contributed by atoms with Gasteiger partial charge in [0.15, 0.2) is 0 Å². The fraction of sp³-hybridized carbons (Fsp3) is 0.652. The molecular formula is C23H37N. The molecule has 1 fully saturated rings. The van der Waals surface area contributed by atoms with Gasteiger partial charge in [-0.2, -0.15) is 0 Å². The predicted octanol–water partition coefficient (Wildman–Crippen LogP) is 5.97. The first-order valence-electron chi connectivity index (χ1n) is 9.83. The largest absolute Gasteiger partial charge is 0.301 e. The highest BCUT2D eigenvalue weighted by molar-refractivity contribution is 5.65. The van der Waals surface area contributed by atoms with Gasteiger partial charge >= 0.3 is 0 Å². The normalized spacial score (nSPS) is 23.0. The zero-order valence-electron chi connectivity index (χ0n) is 16.8. The summed E-state index contributed by atoms with van der Waals surface area (Å²) in [5.74, 6) is 0.778. The highest BCUT2D eigenvalue weighted by Gasteiger charge is 2.41. The minimum absolute atomic E-state index is 0.475. The number of benzene rings is 1. The molecule has 1 heteroatoms. The molecule has 0 N–H and O–H groups in total. The van der Waals surface area contributed by atoms with Crippen LogP contribution in [0.4, 0.5) is 0 Å². The Kier molecular flexibility index (Phi) is 6.31. The number of hydrogen-bond donors (Lipinski definition) is 0. The molecule has 1 aliphatic carbocycles. The van der Waals surface area contributed by atoms with Crippen LogP contribution in [0.2, 0.25) is 0 Å². The molecule has 0 heterocycles. The van der Waals surface area contributed by atoms with Gasteiger partial charge in [-0.15, -0.1) is 0 Å². The molecule has 2 atom stereocenters. The smallest absolute Gasteiger partial charge is 0.0132 e. The van der Waals surface area contributed by atoms with Crippen molar-refractivity contribution in [2.75, 3.05) is 13.1 Å². The number of allylic oxidation sites excluding steroid dienone is 1. The van der Waals surface area contributed by atoms with Gasteiger partial charge in [0.2, 0.25) is 0 Å². The first kappa shape index (κ1) is 19.2. The lowest BCUT2D eigenvalue weighted by Gasteiger charge is -2.31. The molecule has 0 radical (unpaired) electrons. The van der Waals surface area contributed by atoms with Crippen LogP contribution >= 0.6 is 0 Å². The van der Waals surface area contributed by atoms with E-state index in [1.807, 2.05) is 0 Å². The number of rotatable bonds is 7. The van der Waals surface area contributed by atoms with E-state index in [9.17, 15) is 0 Å². The zero-order chi connectivity index (χ0) is 17.9. The summed E-state index contributed by atoms with van der Waals surface area (Å²) in [7, 11) is 0. The van der Waals surface area contributed by atoms with Crippen molar-refractivity contribution >= 4 is 5.57 Å². The molecule has 134 valence electrons. The molecule has 1 aromatic rings. The van der Waals surface area contributed by atoms with E-state index >= 15 is 0 Å². The Morgan fingerprint density at radius 3 is 2.38 bits per heavy atom. The van der Waals surface area contributed by atoms with Crippen molar-refractivity contribution in [1.82, 2.24) is 4.90 Å². The predicted molar refractivity (Wildman–Crippen MR) is 107 cm³/mol. The van der Waals surface area contributed by atoms with Crippen LogP contribution in [0.1, 0.15) is 71.1 Å². The third-order valence-electron chi connectivity index (χ3n) is 5.91. The van der Waals surface area contributed by atoms with Gasteiger partial charge in [0.25, 0.3) is 0 Å². The highest BCUT2D eigenvalue weighted by Crippen LogP contribution is 2.44. The summed E-state index contributed by atoms with van der Waals surface area (Å²) >= 11 is 0. The maximum Gasteiger partial charge on any atom is 0.0132 e. The summed E-state index contributed by atoms with van der Waals surface area (Å²) in [6.45, 7) is 20.4. The molecule has 1 nitrogen and oxygen atoms in total. The summed E-state index contributed by atoms with van der Waals surface area (Å²) < 4.78 is 0. The Bertz CT molecular complexity index is 565. The summed E-state index contributed by atoms with van der Waals surface area (Å²) in [6, 6.07) is 7.81. The molecule has 0 aromatic heterocycles. The van der Waals surface area contributed by atoms with Crippen molar-refractivity contribution in [2.24, 2.45) is 11.3 Å². The van der Waals surface area contributed by atoms with Crippen LogP contribution in [0.3, 0.4) is 0 Å². The number of nitrogens with zero attached hydrogens (tertiary/aromatic N) is 1. The summed E-state index contributed by atoms with van der Waals surface area (Å²) in [5.41, 5.74) is 5.96. The lowest BCUT2D eigenvalue weighted by molar-refractivity contribution is 0.171.